The summed E-state index contributed by atoms with van der Waals surface area (Å²) in [7, 11) is 2.28. The summed E-state index contributed by atoms with van der Waals surface area (Å²) in [6.45, 7) is 9.42. The minimum absolute atomic E-state index is 0.576. The smallest absolute Gasteiger partial charge is 0.0534 e. The minimum atomic E-state index is 0.576. The summed E-state index contributed by atoms with van der Waals surface area (Å²) >= 11 is 0. The van der Waals surface area contributed by atoms with Gasteiger partial charge in [-0.1, -0.05) is 6.92 Å². The number of piperidine rings is 1. The van der Waals surface area contributed by atoms with E-state index in [1.807, 2.05) is 6.20 Å². The second-order valence-corrected chi connectivity index (χ2v) is 6.91. The van der Waals surface area contributed by atoms with Gasteiger partial charge in [0.05, 0.1) is 6.20 Å². The van der Waals surface area contributed by atoms with Gasteiger partial charge in [-0.25, -0.2) is 0 Å². The number of hydrogen-bond acceptors (Lipinski definition) is 3. The summed E-state index contributed by atoms with van der Waals surface area (Å²) < 4.78 is 2.08. The predicted octanol–water partition coefficient (Wildman–Crippen LogP) is 2.21. The van der Waals surface area contributed by atoms with Crippen LogP contribution < -0.4 is 0 Å². The highest BCUT2D eigenvalue weighted by atomic mass is 15.3. The van der Waals surface area contributed by atoms with Crippen molar-refractivity contribution in [2.24, 2.45) is 5.41 Å². The summed E-state index contributed by atoms with van der Waals surface area (Å²) in [6.07, 6.45) is 9.59. The van der Waals surface area contributed by atoms with Crippen LogP contribution in [0.15, 0.2) is 12.4 Å². The third kappa shape index (κ3) is 3.07. The molecule has 0 aliphatic carbocycles. The van der Waals surface area contributed by atoms with Crippen LogP contribution in [-0.4, -0.2) is 52.8 Å². The Kier molecular flexibility index (Phi) is 4.13. The molecule has 0 bridgehead atoms. The van der Waals surface area contributed by atoms with Crippen molar-refractivity contribution >= 4 is 0 Å². The lowest BCUT2D eigenvalue weighted by molar-refractivity contribution is 0.112. The van der Waals surface area contributed by atoms with E-state index in [1.165, 1.54) is 51.0 Å². The average molecular weight is 276 g/mol. The molecule has 0 aromatic carbocycles. The summed E-state index contributed by atoms with van der Waals surface area (Å²) in [5.74, 6) is 0. The van der Waals surface area contributed by atoms with E-state index in [0.29, 0.717) is 5.41 Å². The summed E-state index contributed by atoms with van der Waals surface area (Å²) in [4.78, 5) is 5.15. The van der Waals surface area contributed by atoms with Gasteiger partial charge in [0, 0.05) is 37.9 Å². The van der Waals surface area contributed by atoms with Gasteiger partial charge in [0.1, 0.15) is 0 Å². The Morgan fingerprint density at radius 3 is 2.95 bits per heavy atom. The molecule has 3 heterocycles. The Morgan fingerprint density at radius 1 is 1.25 bits per heavy atom. The third-order valence-electron chi connectivity index (χ3n) is 4.92. The van der Waals surface area contributed by atoms with E-state index in [4.69, 9.17) is 0 Å². The van der Waals surface area contributed by atoms with E-state index < -0.39 is 0 Å². The Hall–Kier alpha value is -0.870. The van der Waals surface area contributed by atoms with Gasteiger partial charge < -0.3 is 4.90 Å². The SMILES string of the molecule is CCCn1cc(CN2CCC3(CCCN(C)C3)C2)cn1. The van der Waals surface area contributed by atoms with Crippen LogP contribution in [-0.2, 0) is 13.1 Å². The maximum atomic E-state index is 4.45. The highest BCUT2D eigenvalue weighted by molar-refractivity contribution is 5.05. The van der Waals surface area contributed by atoms with Crippen LogP contribution in [0.5, 0.6) is 0 Å². The Balaban J connectivity index is 1.56. The van der Waals surface area contributed by atoms with Crippen molar-refractivity contribution in [2.45, 2.75) is 45.7 Å². The predicted molar refractivity (Wildman–Crippen MR) is 81.6 cm³/mol. The average Bonchev–Trinajstić information content (AvgIpc) is 2.99. The second-order valence-electron chi connectivity index (χ2n) is 6.91. The normalized spacial score (nSPS) is 28.5. The summed E-state index contributed by atoms with van der Waals surface area (Å²) in [5, 5.41) is 4.45. The molecule has 2 saturated heterocycles. The van der Waals surface area contributed by atoms with Gasteiger partial charge in [-0.3, -0.25) is 9.58 Å². The number of nitrogens with zero attached hydrogens (tertiary/aromatic N) is 4. The molecule has 1 unspecified atom stereocenters. The van der Waals surface area contributed by atoms with Gasteiger partial charge in [-0.2, -0.15) is 5.10 Å². The molecule has 2 aliphatic heterocycles. The molecule has 0 N–H and O–H groups in total. The van der Waals surface area contributed by atoms with Crippen LogP contribution in [0.3, 0.4) is 0 Å². The van der Waals surface area contributed by atoms with Gasteiger partial charge in [0.15, 0.2) is 0 Å². The lowest BCUT2D eigenvalue weighted by atomic mass is 9.79. The number of likely N-dealkylation sites (tertiary alicyclic amines) is 2. The van der Waals surface area contributed by atoms with Crippen LogP contribution in [0.4, 0.5) is 0 Å². The first-order valence-electron chi connectivity index (χ1n) is 8.11. The first-order chi connectivity index (χ1) is 9.69. The number of aryl methyl sites for hydroxylation is 1. The molecule has 4 heteroatoms. The minimum Gasteiger partial charge on any atom is -0.306 e. The molecular weight excluding hydrogens is 248 g/mol. The lowest BCUT2D eigenvalue weighted by Crippen LogP contribution is -2.42. The zero-order chi connectivity index (χ0) is 14.0. The molecule has 1 spiro atoms. The first kappa shape index (κ1) is 14.1. The Labute approximate surface area is 122 Å². The van der Waals surface area contributed by atoms with E-state index in [-0.39, 0.29) is 0 Å². The molecule has 0 saturated carbocycles. The topological polar surface area (TPSA) is 24.3 Å². The van der Waals surface area contributed by atoms with Gasteiger partial charge in [-0.15, -0.1) is 0 Å². The van der Waals surface area contributed by atoms with E-state index in [0.717, 1.165) is 19.5 Å². The number of rotatable bonds is 4. The second kappa shape index (κ2) is 5.86. The molecule has 1 atom stereocenters. The standard InChI is InChI=1S/C16H28N4/c1-3-7-20-12-15(10-17-20)11-19-9-6-16(14-19)5-4-8-18(2)13-16/h10,12H,3-9,11,13-14H2,1-2H3. The fourth-order valence-electron chi connectivity index (χ4n) is 4.05. The third-order valence-corrected chi connectivity index (χ3v) is 4.92. The maximum Gasteiger partial charge on any atom is 0.0534 e. The van der Waals surface area contributed by atoms with E-state index in [9.17, 15) is 0 Å². The Morgan fingerprint density at radius 2 is 2.15 bits per heavy atom. The quantitative estimate of drug-likeness (QED) is 0.843. The largest absolute Gasteiger partial charge is 0.306 e. The van der Waals surface area contributed by atoms with Gasteiger partial charge in [0.2, 0.25) is 0 Å². The van der Waals surface area contributed by atoms with Crippen molar-refractivity contribution in [2.75, 3.05) is 33.2 Å². The number of aromatic nitrogens is 2. The van der Waals surface area contributed by atoms with E-state index in [2.05, 4.69) is 39.7 Å². The molecule has 1 aromatic rings. The molecule has 0 amide bonds. The van der Waals surface area contributed by atoms with Crippen LogP contribution in [0.1, 0.15) is 38.2 Å². The molecule has 3 rings (SSSR count). The molecule has 1 aromatic heterocycles. The first-order valence-corrected chi connectivity index (χ1v) is 8.11. The molecule has 4 nitrogen and oxygen atoms in total. The highest BCUT2D eigenvalue weighted by Crippen LogP contribution is 2.38. The van der Waals surface area contributed by atoms with E-state index in [1.54, 1.807) is 0 Å². The van der Waals surface area contributed by atoms with Crippen LogP contribution >= 0.6 is 0 Å². The van der Waals surface area contributed by atoms with Crippen LogP contribution in [0.25, 0.3) is 0 Å². The fourth-order valence-corrected chi connectivity index (χ4v) is 4.05. The molecule has 2 aliphatic rings. The number of hydrogen-bond donors (Lipinski definition) is 0. The van der Waals surface area contributed by atoms with Crippen molar-refractivity contribution in [1.29, 1.82) is 0 Å². The Bertz CT molecular complexity index is 441. The zero-order valence-corrected chi connectivity index (χ0v) is 13.0. The molecule has 0 radical (unpaired) electrons. The van der Waals surface area contributed by atoms with Crippen molar-refractivity contribution in [3.63, 3.8) is 0 Å². The molecular formula is C16H28N4. The fraction of sp³-hybridized carbons (Fsp3) is 0.812. The van der Waals surface area contributed by atoms with Crippen molar-refractivity contribution in [3.8, 4) is 0 Å². The summed E-state index contributed by atoms with van der Waals surface area (Å²) in [5.41, 5.74) is 1.95. The molecule has 2 fully saturated rings. The zero-order valence-electron chi connectivity index (χ0n) is 13.0. The van der Waals surface area contributed by atoms with E-state index >= 15 is 0 Å². The van der Waals surface area contributed by atoms with Gasteiger partial charge in [-0.05, 0) is 51.2 Å². The van der Waals surface area contributed by atoms with Crippen molar-refractivity contribution < 1.29 is 0 Å². The van der Waals surface area contributed by atoms with Crippen molar-refractivity contribution in [3.05, 3.63) is 18.0 Å². The summed E-state index contributed by atoms with van der Waals surface area (Å²) in [6, 6.07) is 0. The molecule has 20 heavy (non-hydrogen) atoms. The molecule has 112 valence electrons. The monoisotopic (exact) mass is 276 g/mol. The van der Waals surface area contributed by atoms with Crippen LogP contribution in [0, 0.1) is 5.41 Å². The van der Waals surface area contributed by atoms with Crippen LogP contribution in [0.2, 0.25) is 0 Å². The highest BCUT2D eigenvalue weighted by Gasteiger charge is 2.40. The van der Waals surface area contributed by atoms with Gasteiger partial charge in [0.25, 0.3) is 0 Å². The maximum absolute atomic E-state index is 4.45. The lowest BCUT2D eigenvalue weighted by Gasteiger charge is -2.38. The van der Waals surface area contributed by atoms with Gasteiger partial charge >= 0.3 is 0 Å². The van der Waals surface area contributed by atoms with Crippen molar-refractivity contribution in [1.82, 2.24) is 19.6 Å².